The van der Waals surface area contributed by atoms with Crippen LogP contribution in [0.3, 0.4) is 0 Å². The first kappa shape index (κ1) is 34.0. The van der Waals surface area contributed by atoms with E-state index in [1.807, 2.05) is 12.1 Å². The quantitative estimate of drug-likeness (QED) is 0.177. The van der Waals surface area contributed by atoms with Crippen LogP contribution in [0.15, 0.2) is 186 Å². The lowest BCUT2D eigenvalue weighted by Crippen LogP contribution is -2.04. The van der Waals surface area contributed by atoms with Gasteiger partial charge in [0.2, 0.25) is 0 Å². The van der Waals surface area contributed by atoms with Crippen LogP contribution in [0.25, 0.3) is 135 Å². The molecular formula is C55H30N4OS2. The molecule has 5 nitrogen and oxygen atoms in total. The SMILES string of the molecule is c1ccc2cc3c(cc2c1)c1ccccc1n3-c1ccc2c(oc3ccccc32)c1-c1nc(-c2cccc3sc4ccccc4c23)nc(-c2cccc3sc4ccccc4c23)n1. The van der Waals surface area contributed by atoms with Crippen LogP contribution in [0, 0.1) is 0 Å². The summed E-state index contributed by atoms with van der Waals surface area (Å²) in [7, 11) is 0. The minimum Gasteiger partial charge on any atom is -0.455 e. The molecule has 0 aliphatic rings. The molecule has 62 heavy (non-hydrogen) atoms. The standard InChI is InChI=1S/C55H30N4OS2/c1-2-14-32-30-43-40(29-31(32)13-1)33-15-3-7-21-41(33)59(43)42-28-27-35-34-16-4-8-22-44(34)60-52(35)51(42)55-57-53(38-19-11-25-47-49(38)36-17-5-9-23-45(36)61-47)56-54(58-55)39-20-12-26-48-50(39)37-18-6-10-24-46(37)62-48/h1-30H. The van der Waals surface area contributed by atoms with E-state index in [0.717, 1.165) is 66.1 Å². The van der Waals surface area contributed by atoms with Crippen LogP contribution >= 0.6 is 22.7 Å². The molecule has 14 aromatic rings. The average Bonchev–Trinajstić information content (AvgIpc) is 4.09. The Morgan fingerprint density at radius 1 is 0.387 bits per heavy atom. The first-order valence-corrected chi connectivity index (χ1v) is 22.3. The molecule has 0 spiro atoms. The maximum absolute atomic E-state index is 6.98. The molecule has 0 N–H and O–H groups in total. The third-order valence-electron chi connectivity index (χ3n) is 12.5. The molecule has 5 aromatic heterocycles. The molecule has 0 unspecified atom stereocenters. The predicted octanol–water partition coefficient (Wildman–Crippen LogP) is 15.8. The fourth-order valence-corrected chi connectivity index (χ4v) is 12.0. The van der Waals surface area contributed by atoms with Crippen molar-refractivity contribution in [3.05, 3.63) is 182 Å². The summed E-state index contributed by atoms with van der Waals surface area (Å²) in [6, 6.07) is 64.8. The summed E-state index contributed by atoms with van der Waals surface area (Å²) in [6.45, 7) is 0. The van der Waals surface area contributed by atoms with Crippen molar-refractivity contribution in [1.29, 1.82) is 0 Å². The number of fused-ring (bicyclic) bond motifs is 13. The van der Waals surface area contributed by atoms with E-state index >= 15 is 0 Å². The molecule has 0 saturated carbocycles. The van der Waals surface area contributed by atoms with Crippen molar-refractivity contribution < 1.29 is 4.42 Å². The highest BCUT2D eigenvalue weighted by Crippen LogP contribution is 2.46. The van der Waals surface area contributed by atoms with Crippen molar-refractivity contribution in [2.24, 2.45) is 0 Å². The van der Waals surface area contributed by atoms with Gasteiger partial charge in [-0.15, -0.1) is 22.7 Å². The number of benzene rings is 9. The van der Waals surface area contributed by atoms with Crippen molar-refractivity contribution in [2.45, 2.75) is 0 Å². The zero-order valence-corrected chi connectivity index (χ0v) is 34.5. The second-order valence-corrected chi connectivity index (χ2v) is 18.0. The maximum atomic E-state index is 6.98. The third-order valence-corrected chi connectivity index (χ3v) is 14.7. The summed E-state index contributed by atoms with van der Waals surface area (Å²) in [6.07, 6.45) is 0. The fourth-order valence-electron chi connectivity index (χ4n) is 9.75. The Labute approximate surface area is 361 Å². The highest BCUT2D eigenvalue weighted by molar-refractivity contribution is 7.26. The van der Waals surface area contributed by atoms with Gasteiger partial charge in [-0.1, -0.05) is 121 Å². The molecule has 0 saturated heterocycles. The molecular weight excluding hydrogens is 797 g/mol. The smallest absolute Gasteiger partial charge is 0.170 e. The van der Waals surface area contributed by atoms with Gasteiger partial charge < -0.3 is 8.98 Å². The topological polar surface area (TPSA) is 56.7 Å². The van der Waals surface area contributed by atoms with Gasteiger partial charge in [0.05, 0.1) is 22.3 Å². The lowest BCUT2D eigenvalue weighted by atomic mass is 10.0. The van der Waals surface area contributed by atoms with E-state index in [-0.39, 0.29) is 0 Å². The van der Waals surface area contributed by atoms with Gasteiger partial charge >= 0.3 is 0 Å². The van der Waals surface area contributed by atoms with E-state index in [1.54, 1.807) is 22.7 Å². The Morgan fingerprint density at radius 3 is 1.63 bits per heavy atom. The predicted molar refractivity (Wildman–Crippen MR) is 261 cm³/mol. The third kappa shape index (κ3) is 4.86. The summed E-state index contributed by atoms with van der Waals surface area (Å²) in [5.41, 5.74) is 7.41. The number of para-hydroxylation sites is 2. The minimum absolute atomic E-state index is 0.546. The second kappa shape index (κ2) is 12.9. The molecule has 14 rings (SSSR count). The Morgan fingerprint density at radius 2 is 0.935 bits per heavy atom. The van der Waals surface area contributed by atoms with Crippen LogP contribution in [0.4, 0.5) is 0 Å². The average molecular weight is 827 g/mol. The fraction of sp³-hybridized carbons (Fsp3) is 0. The number of hydrogen-bond donors (Lipinski definition) is 0. The number of hydrogen-bond acceptors (Lipinski definition) is 6. The van der Waals surface area contributed by atoms with Gasteiger partial charge in [-0.2, -0.15) is 0 Å². The molecule has 0 bridgehead atoms. The zero-order valence-electron chi connectivity index (χ0n) is 32.8. The van der Waals surface area contributed by atoms with Crippen LogP contribution in [0.2, 0.25) is 0 Å². The number of aromatic nitrogens is 4. The normalized spacial score (nSPS) is 12.2. The molecule has 0 aliphatic carbocycles. The van der Waals surface area contributed by atoms with Gasteiger partial charge in [0.25, 0.3) is 0 Å². The highest BCUT2D eigenvalue weighted by atomic mass is 32.1. The Kier molecular flexibility index (Phi) is 7.08. The molecule has 0 amide bonds. The van der Waals surface area contributed by atoms with Crippen molar-refractivity contribution in [1.82, 2.24) is 19.5 Å². The van der Waals surface area contributed by atoms with Gasteiger partial charge in [0.15, 0.2) is 17.5 Å². The summed E-state index contributed by atoms with van der Waals surface area (Å²) in [4.78, 5) is 16.6. The minimum atomic E-state index is 0.546. The monoisotopic (exact) mass is 826 g/mol. The lowest BCUT2D eigenvalue weighted by molar-refractivity contribution is 0.669. The van der Waals surface area contributed by atoms with Gasteiger partial charge in [-0.25, -0.2) is 15.0 Å². The first-order chi connectivity index (χ1) is 30.7. The second-order valence-electron chi connectivity index (χ2n) is 15.9. The number of nitrogens with zero attached hydrogens (tertiary/aromatic N) is 4. The Balaban J connectivity index is 1.15. The molecule has 7 heteroatoms. The molecule has 0 radical (unpaired) electrons. The summed E-state index contributed by atoms with van der Waals surface area (Å²) in [5, 5.41) is 11.4. The lowest BCUT2D eigenvalue weighted by Gasteiger charge is -2.16. The molecule has 9 aromatic carbocycles. The molecule has 288 valence electrons. The van der Waals surface area contributed by atoms with E-state index < -0.39 is 0 Å². The van der Waals surface area contributed by atoms with Crippen molar-refractivity contribution >= 4 is 118 Å². The van der Waals surface area contributed by atoms with Crippen molar-refractivity contribution in [3.63, 3.8) is 0 Å². The van der Waals surface area contributed by atoms with E-state index in [2.05, 4.69) is 174 Å². The van der Waals surface area contributed by atoms with Crippen LogP contribution in [-0.2, 0) is 0 Å². The van der Waals surface area contributed by atoms with E-state index in [0.29, 0.717) is 17.5 Å². The van der Waals surface area contributed by atoms with Gasteiger partial charge in [-0.3, -0.25) is 0 Å². The van der Waals surface area contributed by atoms with Crippen LogP contribution < -0.4 is 0 Å². The zero-order chi connectivity index (χ0) is 40.5. The van der Waals surface area contributed by atoms with Crippen LogP contribution in [0.1, 0.15) is 0 Å². The van der Waals surface area contributed by atoms with Gasteiger partial charge in [-0.05, 0) is 71.4 Å². The highest BCUT2D eigenvalue weighted by Gasteiger charge is 2.26. The van der Waals surface area contributed by atoms with Crippen molar-refractivity contribution in [2.75, 3.05) is 0 Å². The maximum Gasteiger partial charge on any atom is 0.170 e. The molecule has 0 aliphatic heterocycles. The summed E-state index contributed by atoms with van der Waals surface area (Å²) in [5.74, 6) is 1.77. The Hall–Kier alpha value is -7.71. The van der Waals surface area contributed by atoms with Gasteiger partial charge in [0.1, 0.15) is 11.2 Å². The van der Waals surface area contributed by atoms with E-state index in [9.17, 15) is 0 Å². The van der Waals surface area contributed by atoms with Crippen LogP contribution in [0.5, 0.6) is 0 Å². The molecule has 0 atom stereocenters. The number of thiophene rings is 2. The van der Waals surface area contributed by atoms with E-state index in [1.165, 1.54) is 51.1 Å². The summed E-state index contributed by atoms with van der Waals surface area (Å²) >= 11 is 3.59. The molecule has 5 heterocycles. The largest absolute Gasteiger partial charge is 0.455 e. The molecule has 0 fully saturated rings. The first-order valence-electron chi connectivity index (χ1n) is 20.7. The van der Waals surface area contributed by atoms with E-state index in [4.69, 9.17) is 19.4 Å². The van der Waals surface area contributed by atoms with Crippen LogP contribution in [-0.4, -0.2) is 19.5 Å². The van der Waals surface area contributed by atoms with Crippen molar-refractivity contribution in [3.8, 4) is 39.9 Å². The Bertz CT molecular complexity index is 4060. The summed E-state index contributed by atoms with van der Waals surface area (Å²) < 4.78 is 14.2. The number of rotatable bonds is 4. The number of furan rings is 1. The van der Waals surface area contributed by atoms with Gasteiger partial charge in [0, 0.05) is 73.0 Å².